The molecule has 6 nitrogen and oxygen atoms in total. The van der Waals surface area contributed by atoms with Crippen molar-refractivity contribution in [1.82, 2.24) is 5.01 Å². The Labute approximate surface area is 195 Å². The van der Waals surface area contributed by atoms with Crippen molar-refractivity contribution < 1.29 is 18.4 Å². The van der Waals surface area contributed by atoms with E-state index in [-0.39, 0.29) is 24.5 Å². The van der Waals surface area contributed by atoms with Crippen LogP contribution in [0.2, 0.25) is 10.0 Å². The Balaban J connectivity index is 1.43. The number of rotatable bonds is 5. The molecule has 2 unspecified atom stereocenters. The van der Waals surface area contributed by atoms with Gasteiger partial charge in [0, 0.05) is 10.9 Å². The Kier molecular flexibility index (Phi) is 5.81. The van der Waals surface area contributed by atoms with Gasteiger partial charge in [0.1, 0.15) is 23.3 Å². The fraction of sp³-hybridized carbons (Fsp3) is 0.250. The molecule has 0 N–H and O–H groups in total. The molecule has 0 bridgehead atoms. The number of hydrazone groups is 1. The molecule has 164 valence electrons. The number of nitrogens with zero attached hydrogens (tertiary/aromatic N) is 2. The van der Waals surface area contributed by atoms with Crippen LogP contribution in [0.5, 0.6) is 5.75 Å². The first-order valence-corrected chi connectivity index (χ1v) is 11.1. The smallest absolute Gasteiger partial charge is 0.281 e. The zero-order chi connectivity index (χ0) is 22.1. The van der Waals surface area contributed by atoms with E-state index in [1.54, 1.807) is 30.7 Å². The average Bonchev–Trinajstić information content (AvgIpc) is 3.53. The van der Waals surface area contributed by atoms with Crippen LogP contribution >= 0.6 is 23.2 Å². The van der Waals surface area contributed by atoms with Gasteiger partial charge in [-0.25, -0.2) is 5.01 Å². The zero-order valence-corrected chi connectivity index (χ0v) is 18.6. The van der Waals surface area contributed by atoms with E-state index in [1.807, 2.05) is 30.3 Å². The Hall–Kier alpha value is -2.96. The molecule has 1 aromatic carbocycles. The van der Waals surface area contributed by atoms with Gasteiger partial charge in [0.2, 0.25) is 0 Å². The van der Waals surface area contributed by atoms with E-state index in [2.05, 4.69) is 0 Å². The molecule has 1 amide bonds. The van der Waals surface area contributed by atoms with Crippen LogP contribution in [-0.4, -0.2) is 23.2 Å². The van der Waals surface area contributed by atoms with E-state index in [0.29, 0.717) is 21.6 Å². The standard InChI is InChI=1S/C24H20Cl2N2O4/c25-16-8-9-20(19(26)13-16)32-14-22(29)28-24(21-7-3-11-31-21)18-6-1-4-15(23(18)27-28)12-17-5-2-10-30-17/h2-3,5,7-13,18,24H,1,4,6,14H2. The molecule has 3 heterocycles. The van der Waals surface area contributed by atoms with Gasteiger partial charge < -0.3 is 13.6 Å². The lowest BCUT2D eigenvalue weighted by Gasteiger charge is -2.27. The predicted octanol–water partition coefficient (Wildman–Crippen LogP) is 6.38. The summed E-state index contributed by atoms with van der Waals surface area (Å²) in [4.78, 5) is 13.2. The van der Waals surface area contributed by atoms with Crippen molar-refractivity contribution in [2.45, 2.75) is 25.3 Å². The number of halogens is 2. The summed E-state index contributed by atoms with van der Waals surface area (Å²) in [6, 6.07) is 12.0. The lowest BCUT2D eigenvalue weighted by atomic mass is 9.79. The van der Waals surface area contributed by atoms with Crippen molar-refractivity contribution in [3.05, 3.63) is 82.1 Å². The second-order valence-electron chi connectivity index (χ2n) is 7.73. The van der Waals surface area contributed by atoms with Gasteiger partial charge >= 0.3 is 0 Å². The number of hydrogen-bond acceptors (Lipinski definition) is 5. The molecule has 3 aromatic rings. The maximum Gasteiger partial charge on any atom is 0.281 e. The summed E-state index contributed by atoms with van der Waals surface area (Å²) < 4.78 is 16.9. The topological polar surface area (TPSA) is 68.2 Å². The number of amides is 1. The van der Waals surface area contributed by atoms with Gasteiger partial charge in [-0.05, 0) is 73.4 Å². The number of ether oxygens (including phenoxy) is 1. The van der Waals surface area contributed by atoms with E-state index in [9.17, 15) is 4.79 Å². The Bertz CT molecular complexity index is 1170. The predicted molar refractivity (Wildman–Crippen MR) is 122 cm³/mol. The van der Waals surface area contributed by atoms with Gasteiger partial charge in [-0.3, -0.25) is 4.79 Å². The largest absolute Gasteiger partial charge is 0.482 e. The summed E-state index contributed by atoms with van der Waals surface area (Å²) in [6.45, 7) is -0.209. The van der Waals surface area contributed by atoms with Gasteiger partial charge in [0.05, 0.1) is 23.3 Å². The zero-order valence-electron chi connectivity index (χ0n) is 17.0. The van der Waals surface area contributed by atoms with Gasteiger partial charge in [0.15, 0.2) is 6.61 Å². The first-order chi connectivity index (χ1) is 15.6. The second-order valence-corrected chi connectivity index (χ2v) is 8.57. The van der Waals surface area contributed by atoms with E-state index >= 15 is 0 Å². The van der Waals surface area contributed by atoms with Crippen LogP contribution in [0, 0.1) is 5.92 Å². The number of furan rings is 2. The molecule has 1 saturated carbocycles. The highest BCUT2D eigenvalue weighted by atomic mass is 35.5. The summed E-state index contributed by atoms with van der Waals surface area (Å²) in [6.07, 6.45) is 8.04. The highest BCUT2D eigenvalue weighted by Crippen LogP contribution is 2.44. The van der Waals surface area contributed by atoms with Crippen LogP contribution in [0.15, 0.2) is 74.5 Å². The molecule has 0 radical (unpaired) electrons. The van der Waals surface area contributed by atoms with Crippen LogP contribution in [0.3, 0.4) is 0 Å². The average molecular weight is 471 g/mol. The molecule has 2 atom stereocenters. The maximum absolute atomic E-state index is 13.2. The monoisotopic (exact) mass is 470 g/mol. The van der Waals surface area contributed by atoms with Gasteiger partial charge in [-0.15, -0.1) is 0 Å². The van der Waals surface area contributed by atoms with Gasteiger partial charge in [-0.1, -0.05) is 23.2 Å². The number of carbonyl (C=O) groups is 1. The maximum atomic E-state index is 13.2. The summed E-state index contributed by atoms with van der Waals surface area (Å²) in [5, 5.41) is 7.09. The van der Waals surface area contributed by atoms with Crippen molar-refractivity contribution >= 4 is 40.9 Å². The summed E-state index contributed by atoms with van der Waals surface area (Å²) in [5.74, 6) is 1.62. The van der Waals surface area contributed by atoms with Gasteiger partial charge in [-0.2, -0.15) is 5.10 Å². The Morgan fingerprint density at radius 2 is 2.03 bits per heavy atom. The SMILES string of the molecule is O=C(COc1ccc(Cl)cc1Cl)N1N=C2C(=Cc3ccco3)CCCC2C1c1ccco1. The van der Waals surface area contributed by atoms with Crippen molar-refractivity contribution in [2.75, 3.05) is 6.61 Å². The minimum absolute atomic E-state index is 0.0409. The van der Waals surface area contributed by atoms with Crippen molar-refractivity contribution in [1.29, 1.82) is 0 Å². The van der Waals surface area contributed by atoms with Crippen molar-refractivity contribution in [3.8, 4) is 5.75 Å². The molecule has 32 heavy (non-hydrogen) atoms. The lowest BCUT2D eigenvalue weighted by molar-refractivity contribution is -0.136. The van der Waals surface area contributed by atoms with E-state index < -0.39 is 0 Å². The summed E-state index contributed by atoms with van der Waals surface area (Å²) in [5.41, 5.74) is 1.97. The van der Waals surface area contributed by atoms with Crippen LogP contribution < -0.4 is 4.74 Å². The molecular formula is C24H20Cl2N2O4. The molecule has 1 fully saturated rings. The molecule has 8 heteroatoms. The molecule has 0 saturated heterocycles. The summed E-state index contributed by atoms with van der Waals surface area (Å²) >= 11 is 12.1. The van der Waals surface area contributed by atoms with Gasteiger partial charge in [0.25, 0.3) is 5.91 Å². The number of benzene rings is 1. The molecular weight excluding hydrogens is 451 g/mol. The first kappa shape index (κ1) is 20.9. The van der Waals surface area contributed by atoms with Crippen LogP contribution in [0.4, 0.5) is 0 Å². The molecule has 5 rings (SSSR count). The third-order valence-corrected chi connectivity index (χ3v) is 6.23. The molecule has 1 aliphatic heterocycles. The normalized spacial score (nSPS) is 21.5. The van der Waals surface area contributed by atoms with Crippen molar-refractivity contribution in [2.24, 2.45) is 11.0 Å². The van der Waals surface area contributed by atoms with E-state index in [0.717, 1.165) is 36.3 Å². The fourth-order valence-electron chi connectivity index (χ4n) is 4.29. The first-order valence-electron chi connectivity index (χ1n) is 10.4. The van der Waals surface area contributed by atoms with E-state index in [1.165, 1.54) is 5.01 Å². The Morgan fingerprint density at radius 3 is 2.78 bits per heavy atom. The molecule has 0 spiro atoms. The molecule has 2 aromatic heterocycles. The third kappa shape index (κ3) is 4.08. The number of hydrogen-bond donors (Lipinski definition) is 0. The minimum atomic E-state index is -0.322. The fourth-order valence-corrected chi connectivity index (χ4v) is 4.75. The number of carbonyl (C=O) groups excluding carboxylic acids is 1. The number of allylic oxidation sites excluding steroid dienone is 1. The molecule has 1 aliphatic carbocycles. The number of fused-ring (bicyclic) bond motifs is 1. The quantitative estimate of drug-likeness (QED) is 0.433. The van der Waals surface area contributed by atoms with E-state index in [4.69, 9.17) is 41.9 Å². The van der Waals surface area contributed by atoms with Crippen LogP contribution in [0.25, 0.3) is 6.08 Å². The van der Waals surface area contributed by atoms with Crippen molar-refractivity contribution in [3.63, 3.8) is 0 Å². The lowest BCUT2D eigenvalue weighted by Crippen LogP contribution is -2.34. The highest BCUT2D eigenvalue weighted by Gasteiger charge is 2.45. The Morgan fingerprint density at radius 1 is 1.19 bits per heavy atom. The second kappa shape index (κ2) is 8.88. The van der Waals surface area contributed by atoms with Crippen LogP contribution in [-0.2, 0) is 4.79 Å². The minimum Gasteiger partial charge on any atom is -0.482 e. The third-order valence-electron chi connectivity index (χ3n) is 5.70. The summed E-state index contributed by atoms with van der Waals surface area (Å²) in [7, 11) is 0. The highest BCUT2D eigenvalue weighted by molar-refractivity contribution is 6.35. The molecule has 2 aliphatic rings. The van der Waals surface area contributed by atoms with Crippen LogP contribution in [0.1, 0.15) is 36.8 Å².